The predicted molar refractivity (Wildman–Crippen MR) is 98.2 cm³/mol. The molecule has 0 aromatic heterocycles. The molecule has 3 rings (SSSR count). The standard InChI is InChI=1S/C20H22N2O5/c1-27-18(25)15(8-12-6-7-16(23)17(24)9-12)22-19(26)20(21)10-13-4-2-3-5-14(13)11-20/h2-7,9,15,23-24H,8,10-11,21H2,1H3,(H,22,26)/t15-/m1/s1. The van der Waals surface area contributed by atoms with Crippen LogP contribution in [0.4, 0.5) is 0 Å². The lowest BCUT2D eigenvalue weighted by Gasteiger charge is -2.26. The summed E-state index contributed by atoms with van der Waals surface area (Å²) in [5.41, 5.74) is 7.81. The molecule has 2 aromatic carbocycles. The summed E-state index contributed by atoms with van der Waals surface area (Å²) in [5, 5.41) is 21.7. The van der Waals surface area contributed by atoms with Crippen molar-refractivity contribution in [3.8, 4) is 11.5 Å². The molecular weight excluding hydrogens is 348 g/mol. The first-order chi connectivity index (χ1) is 12.8. The van der Waals surface area contributed by atoms with Crippen molar-refractivity contribution in [2.75, 3.05) is 7.11 Å². The number of benzene rings is 2. The van der Waals surface area contributed by atoms with Crippen molar-refractivity contribution < 1.29 is 24.5 Å². The molecule has 5 N–H and O–H groups in total. The summed E-state index contributed by atoms with van der Waals surface area (Å²) in [4.78, 5) is 25.0. The fourth-order valence-corrected chi connectivity index (χ4v) is 3.37. The molecule has 7 heteroatoms. The number of esters is 1. The maximum absolute atomic E-state index is 12.8. The molecule has 0 radical (unpaired) electrons. The molecule has 142 valence electrons. The van der Waals surface area contributed by atoms with Crippen LogP contribution in [0.15, 0.2) is 42.5 Å². The third-order valence-corrected chi connectivity index (χ3v) is 4.85. The summed E-state index contributed by atoms with van der Waals surface area (Å²) in [7, 11) is 1.24. The van der Waals surface area contributed by atoms with E-state index in [1.807, 2.05) is 24.3 Å². The topological polar surface area (TPSA) is 122 Å². The number of ether oxygens (including phenoxy) is 1. The molecule has 27 heavy (non-hydrogen) atoms. The minimum Gasteiger partial charge on any atom is -0.504 e. The Morgan fingerprint density at radius 2 is 1.78 bits per heavy atom. The van der Waals surface area contributed by atoms with Crippen LogP contribution in [-0.2, 0) is 33.6 Å². The molecular formula is C20H22N2O5. The van der Waals surface area contributed by atoms with Gasteiger partial charge in [-0.3, -0.25) is 4.79 Å². The van der Waals surface area contributed by atoms with Crippen LogP contribution in [0, 0.1) is 0 Å². The summed E-state index contributed by atoms with van der Waals surface area (Å²) in [5.74, 6) is -1.61. The van der Waals surface area contributed by atoms with Crippen molar-refractivity contribution in [1.29, 1.82) is 0 Å². The van der Waals surface area contributed by atoms with Gasteiger partial charge >= 0.3 is 5.97 Å². The van der Waals surface area contributed by atoms with Crippen molar-refractivity contribution in [3.05, 3.63) is 59.2 Å². The van der Waals surface area contributed by atoms with Crippen LogP contribution < -0.4 is 11.1 Å². The zero-order valence-electron chi connectivity index (χ0n) is 14.9. The molecule has 0 fully saturated rings. The molecule has 7 nitrogen and oxygen atoms in total. The Kier molecular flexibility index (Phi) is 5.05. The molecule has 0 bridgehead atoms. The Balaban J connectivity index is 1.75. The number of aromatic hydroxyl groups is 2. The van der Waals surface area contributed by atoms with Crippen molar-refractivity contribution in [2.24, 2.45) is 5.73 Å². The number of rotatable bonds is 5. The van der Waals surface area contributed by atoms with Gasteiger partial charge in [-0.15, -0.1) is 0 Å². The van der Waals surface area contributed by atoms with E-state index in [-0.39, 0.29) is 17.9 Å². The Morgan fingerprint density at radius 3 is 2.33 bits per heavy atom. The summed E-state index contributed by atoms with van der Waals surface area (Å²) in [6.07, 6.45) is 0.876. The van der Waals surface area contributed by atoms with Gasteiger partial charge in [-0.2, -0.15) is 0 Å². The van der Waals surface area contributed by atoms with E-state index in [0.717, 1.165) is 11.1 Å². The Bertz CT molecular complexity index is 855. The summed E-state index contributed by atoms with van der Waals surface area (Å²) < 4.78 is 4.79. The van der Waals surface area contributed by atoms with Gasteiger partial charge in [-0.1, -0.05) is 30.3 Å². The third kappa shape index (κ3) is 3.88. The lowest BCUT2D eigenvalue weighted by Crippen LogP contribution is -2.58. The number of methoxy groups -OCH3 is 1. The van der Waals surface area contributed by atoms with Crippen molar-refractivity contribution in [3.63, 3.8) is 0 Å². The average Bonchev–Trinajstić information content (AvgIpc) is 3.01. The first-order valence-corrected chi connectivity index (χ1v) is 8.58. The monoisotopic (exact) mass is 370 g/mol. The quantitative estimate of drug-likeness (QED) is 0.456. The number of hydrogen-bond acceptors (Lipinski definition) is 6. The van der Waals surface area contributed by atoms with E-state index in [2.05, 4.69) is 5.32 Å². The molecule has 0 saturated carbocycles. The zero-order chi connectivity index (χ0) is 19.6. The van der Waals surface area contributed by atoms with E-state index in [4.69, 9.17) is 10.5 Å². The van der Waals surface area contributed by atoms with Crippen molar-refractivity contribution >= 4 is 11.9 Å². The van der Waals surface area contributed by atoms with E-state index in [9.17, 15) is 19.8 Å². The van der Waals surface area contributed by atoms with E-state index in [0.29, 0.717) is 18.4 Å². The highest BCUT2D eigenvalue weighted by molar-refractivity contribution is 5.91. The lowest BCUT2D eigenvalue weighted by atomic mass is 9.95. The highest BCUT2D eigenvalue weighted by Crippen LogP contribution is 2.29. The molecule has 1 amide bonds. The number of hydrogen-bond donors (Lipinski definition) is 4. The van der Waals surface area contributed by atoms with Gasteiger partial charge < -0.3 is 26.0 Å². The lowest BCUT2D eigenvalue weighted by molar-refractivity contribution is -0.145. The van der Waals surface area contributed by atoms with Crippen LogP contribution >= 0.6 is 0 Å². The van der Waals surface area contributed by atoms with Crippen LogP contribution in [0.25, 0.3) is 0 Å². The maximum atomic E-state index is 12.8. The van der Waals surface area contributed by atoms with Crippen LogP contribution in [0.2, 0.25) is 0 Å². The molecule has 0 unspecified atom stereocenters. The second-order valence-corrected chi connectivity index (χ2v) is 6.85. The fraction of sp³-hybridized carbons (Fsp3) is 0.300. The number of phenolic OH excluding ortho intramolecular Hbond substituents is 2. The Hall–Kier alpha value is -3.06. The molecule has 0 spiro atoms. The number of carbonyl (C=O) groups excluding carboxylic acids is 2. The molecule has 0 heterocycles. The summed E-state index contributed by atoms with van der Waals surface area (Å²) in [6.45, 7) is 0. The second-order valence-electron chi connectivity index (χ2n) is 6.85. The van der Waals surface area contributed by atoms with Gasteiger partial charge in [0.25, 0.3) is 0 Å². The normalized spacial score (nSPS) is 15.6. The zero-order valence-corrected chi connectivity index (χ0v) is 14.9. The number of fused-ring (bicyclic) bond motifs is 1. The number of amides is 1. The van der Waals surface area contributed by atoms with E-state index in [1.54, 1.807) is 6.07 Å². The fourth-order valence-electron chi connectivity index (χ4n) is 3.37. The van der Waals surface area contributed by atoms with Crippen LogP contribution in [0.5, 0.6) is 11.5 Å². The van der Waals surface area contributed by atoms with Gasteiger partial charge in [0, 0.05) is 6.42 Å². The van der Waals surface area contributed by atoms with Gasteiger partial charge in [0.1, 0.15) is 11.6 Å². The van der Waals surface area contributed by atoms with E-state index in [1.165, 1.54) is 19.2 Å². The Morgan fingerprint density at radius 1 is 1.15 bits per heavy atom. The number of phenols is 2. The molecule has 0 saturated heterocycles. The highest BCUT2D eigenvalue weighted by atomic mass is 16.5. The van der Waals surface area contributed by atoms with Gasteiger partial charge in [0.15, 0.2) is 11.5 Å². The first-order valence-electron chi connectivity index (χ1n) is 8.58. The van der Waals surface area contributed by atoms with Crippen LogP contribution in [-0.4, -0.2) is 40.8 Å². The minimum absolute atomic E-state index is 0.0925. The summed E-state index contributed by atoms with van der Waals surface area (Å²) >= 11 is 0. The summed E-state index contributed by atoms with van der Waals surface area (Å²) in [6, 6.07) is 10.9. The first kappa shape index (κ1) is 18.7. The van der Waals surface area contributed by atoms with E-state index < -0.39 is 23.5 Å². The molecule has 0 aliphatic heterocycles. The number of nitrogens with one attached hydrogen (secondary N) is 1. The van der Waals surface area contributed by atoms with Crippen LogP contribution in [0.1, 0.15) is 16.7 Å². The highest BCUT2D eigenvalue weighted by Gasteiger charge is 2.41. The predicted octanol–water partition coefficient (Wildman–Crippen LogP) is 0.794. The maximum Gasteiger partial charge on any atom is 0.328 e. The van der Waals surface area contributed by atoms with Crippen molar-refractivity contribution in [1.82, 2.24) is 5.32 Å². The minimum atomic E-state index is -1.13. The molecule has 1 aliphatic carbocycles. The smallest absolute Gasteiger partial charge is 0.328 e. The van der Waals surface area contributed by atoms with Gasteiger partial charge in [0.2, 0.25) is 5.91 Å². The van der Waals surface area contributed by atoms with Crippen LogP contribution in [0.3, 0.4) is 0 Å². The third-order valence-electron chi connectivity index (χ3n) is 4.85. The number of carbonyl (C=O) groups is 2. The molecule has 2 aromatic rings. The second kappa shape index (κ2) is 7.28. The number of nitrogens with two attached hydrogens (primary N) is 1. The van der Waals surface area contributed by atoms with Crippen molar-refractivity contribution in [2.45, 2.75) is 30.8 Å². The van der Waals surface area contributed by atoms with E-state index >= 15 is 0 Å². The largest absolute Gasteiger partial charge is 0.504 e. The van der Waals surface area contributed by atoms with Gasteiger partial charge in [-0.05, 0) is 41.7 Å². The average molecular weight is 370 g/mol. The Labute approximate surface area is 156 Å². The van der Waals surface area contributed by atoms with Gasteiger partial charge in [0.05, 0.1) is 7.11 Å². The molecule has 1 aliphatic rings. The van der Waals surface area contributed by atoms with Gasteiger partial charge in [-0.25, -0.2) is 4.79 Å². The SMILES string of the molecule is COC(=O)[C@@H](Cc1ccc(O)c(O)c1)NC(=O)C1(N)Cc2ccccc2C1. The molecule has 1 atom stereocenters.